The molecule has 0 unspecified atom stereocenters. The molecule has 8 nitrogen and oxygen atoms in total. The number of benzene rings is 2. The van der Waals surface area contributed by atoms with Crippen LogP contribution in [0, 0.1) is 10.1 Å². The van der Waals surface area contributed by atoms with Crippen molar-refractivity contribution in [3.63, 3.8) is 0 Å². The van der Waals surface area contributed by atoms with Gasteiger partial charge in [0.25, 0.3) is 0 Å². The van der Waals surface area contributed by atoms with Gasteiger partial charge in [0.2, 0.25) is 0 Å². The van der Waals surface area contributed by atoms with E-state index in [1.165, 1.54) is 19.2 Å². The average molecular weight is 483 g/mol. The monoisotopic (exact) mass is 482 g/mol. The Kier molecular flexibility index (Phi) is 6.70. The lowest BCUT2D eigenvalue weighted by atomic mass is 9.75. The number of dihydropyridines is 1. The summed E-state index contributed by atoms with van der Waals surface area (Å²) < 4.78 is 10.7. The summed E-state index contributed by atoms with van der Waals surface area (Å²) in [5, 5.41) is 15.7. The Morgan fingerprint density at radius 2 is 1.94 bits per heavy atom. The maximum atomic E-state index is 12.9. The summed E-state index contributed by atoms with van der Waals surface area (Å²) in [6, 6.07) is 11.5. The molecule has 1 aliphatic heterocycles. The van der Waals surface area contributed by atoms with Crippen LogP contribution in [0.2, 0.25) is 5.02 Å². The molecule has 2 aromatic carbocycles. The number of hydrogen-bond donors (Lipinski definition) is 1. The summed E-state index contributed by atoms with van der Waals surface area (Å²) in [6.45, 7) is 1.85. The molecule has 0 saturated carbocycles. The van der Waals surface area contributed by atoms with E-state index in [0.717, 1.165) is 11.3 Å². The highest BCUT2D eigenvalue weighted by Gasteiger charge is 2.39. The zero-order chi connectivity index (χ0) is 24.4. The highest BCUT2D eigenvalue weighted by molar-refractivity contribution is 6.30. The van der Waals surface area contributed by atoms with Crippen LogP contribution in [0.5, 0.6) is 5.75 Å². The van der Waals surface area contributed by atoms with Gasteiger partial charge in [-0.1, -0.05) is 29.8 Å². The van der Waals surface area contributed by atoms with E-state index in [1.807, 2.05) is 0 Å². The number of halogens is 1. The first-order valence-electron chi connectivity index (χ1n) is 10.8. The third kappa shape index (κ3) is 4.54. The Morgan fingerprint density at radius 1 is 1.21 bits per heavy atom. The fraction of sp³-hybridized carbons (Fsp3) is 0.280. The first-order chi connectivity index (χ1) is 16.3. The molecule has 0 fully saturated rings. The third-order valence-corrected chi connectivity index (χ3v) is 6.25. The Hall–Kier alpha value is -3.65. The molecule has 9 heteroatoms. The van der Waals surface area contributed by atoms with Gasteiger partial charge in [0, 0.05) is 40.4 Å². The summed E-state index contributed by atoms with van der Waals surface area (Å²) in [5.41, 5.74) is 3.04. The Morgan fingerprint density at radius 3 is 2.62 bits per heavy atom. The van der Waals surface area contributed by atoms with Gasteiger partial charge in [-0.15, -0.1) is 0 Å². The second kappa shape index (κ2) is 9.69. The van der Waals surface area contributed by atoms with Gasteiger partial charge in [0.15, 0.2) is 11.5 Å². The van der Waals surface area contributed by atoms with Crippen LogP contribution in [0.4, 0.5) is 5.69 Å². The molecule has 2 aromatic rings. The van der Waals surface area contributed by atoms with E-state index in [4.69, 9.17) is 21.1 Å². The summed E-state index contributed by atoms with van der Waals surface area (Å²) in [6.07, 6.45) is 1.72. The van der Waals surface area contributed by atoms with Crippen LogP contribution in [0.3, 0.4) is 0 Å². The van der Waals surface area contributed by atoms with E-state index < -0.39 is 16.8 Å². The fourth-order valence-corrected chi connectivity index (χ4v) is 4.54. The van der Waals surface area contributed by atoms with Crippen LogP contribution in [-0.4, -0.2) is 23.8 Å². The molecule has 0 saturated heterocycles. The first kappa shape index (κ1) is 23.5. The number of esters is 1. The lowest BCUT2D eigenvalue weighted by Crippen LogP contribution is -2.34. The maximum absolute atomic E-state index is 12.9. The summed E-state index contributed by atoms with van der Waals surface area (Å²) >= 11 is 5.90. The largest absolute Gasteiger partial charge is 0.482 e. The summed E-state index contributed by atoms with van der Waals surface area (Å²) in [4.78, 5) is 37.0. The number of carbonyl (C=O) groups excluding carboxylic acids is 2. The Balaban J connectivity index is 1.75. The van der Waals surface area contributed by atoms with Crippen LogP contribution in [0.1, 0.15) is 43.2 Å². The molecule has 0 amide bonds. The molecule has 34 heavy (non-hydrogen) atoms. The molecule has 1 heterocycles. The Bertz CT molecular complexity index is 1230. The van der Waals surface area contributed by atoms with Crippen molar-refractivity contribution in [3.05, 3.63) is 91.3 Å². The van der Waals surface area contributed by atoms with E-state index in [9.17, 15) is 19.7 Å². The number of nitrogens with zero attached hydrogens (tertiary/aromatic N) is 1. The van der Waals surface area contributed by atoms with Crippen molar-refractivity contribution in [2.45, 2.75) is 38.7 Å². The zero-order valence-corrected chi connectivity index (χ0v) is 19.5. The minimum atomic E-state index is -0.763. The molecule has 0 radical (unpaired) electrons. The molecule has 0 aromatic heterocycles. The number of nitro benzene ring substituents is 1. The van der Waals surface area contributed by atoms with Crippen LogP contribution in [0.25, 0.3) is 0 Å². The van der Waals surface area contributed by atoms with Gasteiger partial charge >= 0.3 is 11.7 Å². The second-order valence-electron chi connectivity index (χ2n) is 8.16. The fourth-order valence-electron chi connectivity index (χ4n) is 4.42. The number of nitro groups is 1. The van der Waals surface area contributed by atoms with E-state index >= 15 is 0 Å². The zero-order valence-electron chi connectivity index (χ0n) is 18.7. The van der Waals surface area contributed by atoms with Crippen LogP contribution in [0.15, 0.2) is 65.0 Å². The number of allylic oxidation sites excluding steroid dienone is 3. The molecule has 1 N–H and O–H groups in total. The average Bonchev–Trinajstić information content (AvgIpc) is 2.82. The van der Waals surface area contributed by atoms with Gasteiger partial charge in [-0.25, -0.2) is 4.79 Å². The van der Waals surface area contributed by atoms with Crippen molar-refractivity contribution in [1.82, 2.24) is 5.32 Å². The number of methoxy groups -OCH3 is 1. The molecule has 0 bridgehead atoms. The normalized spacial score (nSPS) is 17.7. The van der Waals surface area contributed by atoms with Crippen molar-refractivity contribution >= 4 is 29.0 Å². The second-order valence-corrected chi connectivity index (χ2v) is 8.59. The van der Waals surface area contributed by atoms with Gasteiger partial charge in [-0.05, 0) is 49.1 Å². The topological polar surface area (TPSA) is 108 Å². The van der Waals surface area contributed by atoms with E-state index in [1.54, 1.807) is 37.3 Å². The highest BCUT2D eigenvalue weighted by Crippen LogP contribution is 2.44. The molecule has 0 spiro atoms. The number of hydrogen-bond acceptors (Lipinski definition) is 7. The molecule has 2 aliphatic rings. The minimum absolute atomic E-state index is 0.0848. The number of ether oxygens (including phenoxy) is 2. The Labute approximate surface area is 201 Å². The molecular formula is C25H23ClN2O6. The number of nitrogens with one attached hydrogen (secondary N) is 1. The standard InChI is InChI=1S/C25H23ClN2O6/c1-14-22(25(30)33-2)23(24-18(27-14)4-3-5-20(24)29)16-8-11-21(19(12-16)28(31)32)34-13-15-6-9-17(26)10-7-15/h6-12,23,27H,3-5,13H2,1-2H3/t23-/m1/s1. The molecule has 176 valence electrons. The minimum Gasteiger partial charge on any atom is -0.482 e. The molecule has 1 atom stereocenters. The van der Waals surface area contributed by atoms with Crippen molar-refractivity contribution in [3.8, 4) is 5.75 Å². The van der Waals surface area contributed by atoms with Gasteiger partial charge in [-0.3, -0.25) is 14.9 Å². The number of ketones is 1. The summed E-state index contributed by atoms with van der Waals surface area (Å²) in [7, 11) is 1.27. The van der Waals surface area contributed by atoms with Gasteiger partial charge in [0.05, 0.1) is 17.6 Å². The van der Waals surface area contributed by atoms with Gasteiger partial charge in [-0.2, -0.15) is 0 Å². The van der Waals surface area contributed by atoms with Crippen LogP contribution >= 0.6 is 11.6 Å². The van der Waals surface area contributed by atoms with E-state index in [0.29, 0.717) is 41.1 Å². The molecule has 4 rings (SSSR count). The van der Waals surface area contributed by atoms with E-state index in [-0.39, 0.29) is 29.4 Å². The number of rotatable bonds is 6. The SMILES string of the molecule is COC(=O)C1=C(C)NC2=C(C(=O)CCC2)[C@@H]1c1ccc(OCc2ccc(Cl)cc2)c([N+](=O)[O-])c1. The van der Waals surface area contributed by atoms with Gasteiger partial charge in [0.1, 0.15) is 6.61 Å². The maximum Gasteiger partial charge on any atom is 0.336 e. The number of carbonyl (C=O) groups is 2. The van der Waals surface area contributed by atoms with Crippen LogP contribution < -0.4 is 10.1 Å². The van der Waals surface area contributed by atoms with Crippen LogP contribution in [-0.2, 0) is 20.9 Å². The van der Waals surface area contributed by atoms with Crippen molar-refractivity contribution in [2.75, 3.05) is 7.11 Å². The third-order valence-electron chi connectivity index (χ3n) is 6.00. The predicted octanol–water partition coefficient (Wildman–Crippen LogP) is 4.97. The number of Topliss-reactive ketones (excluding diaryl/α,β-unsaturated/α-hetero) is 1. The lowest BCUT2D eigenvalue weighted by molar-refractivity contribution is -0.386. The van der Waals surface area contributed by atoms with Gasteiger partial charge < -0.3 is 14.8 Å². The predicted molar refractivity (Wildman–Crippen MR) is 125 cm³/mol. The van der Waals surface area contributed by atoms with E-state index in [2.05, 4.69) is 5.32 Å². The molecular weight excluding hydrogens is 460 g/mol. The summed E-state index contributed by atoms with van der Waals surface area (Å²) in [5.74, 6) is -1.35. The smallest absolute Gasteiger partial charge is 0.336 e. The van der Waals surface area contributed by atoms with Crippen molar-refractivity contribution in [1.29, 1.82) is 0 Å². The molecule has 1 aliphatic carbocycles. The first-order valence-corrected chi connectivity index (χ1v) is 11.2. The highest BCUT2D eigenvalue weighted by atomic mass is 35.5. The van der Waals surface area contributed by atoms with Crippen molar-refractivity contribution in [2.24, 2.45) is 0 Å². The lowest BCUT2D eigenvalue weighted by Gasteiger charge is -2.34. The quantitative estimate of drug-likeness (QED) is 0.352. The van der Waals surface area contributed by atoms with Crippen molar-refractivity contribution < 1.29 is 24.0 Å².